The molecule has 1 aliphatic rings. The number of hydrogen-bond acceptors (Lipinski definition) is 4. The van der Waals surface area contributed by atoms with Gasteiger partial charge >= 0.3 is 5.97 Å². The highest BCUT2D eigenvalue weighted by Gasteiger charge is 2.10. The molecule has 4 nitrogen and oxygen atoms in total. The van der Waals surface area contributed by atoms with E-state index in [1.165, 1.54) is 46.0 Å². The number of likely N-dealkylation sites (tertiary alicyclic amines) is 1. The first-order valence-corrected chi connectivity index (χ1v) is 6.98. The summed E-state index contributed by atoms with van der Waals surface area (Å²) in [5.41, 5.74) is 0.754. The molecule has 0 amide bonds. The number of esters is 1. The Hall–Kier alpha value is -0.870. The molecule has 18 heavy (non-hydrogen) atoms. The van der Waals surface area contributed by atoms with E-state index in [9.17, 15) is 4.79 Å². The van der Waals surface area contributed by atoms with E-state index in [0.29, 0.717) is 0 Å². The van der Waals surface area contributed by atoms with Gasteiger partial charge in [0.15, 0.2) is 0 Å². The molecule has 0 bridgehead atoms. The first-order chi connectivity index (χ1) is 8.77. The first kappa shape index (κ1) is 15.2. The first-order valence-electron chi connectivity index (χ1n) is 6.98. The van der Waals surface area contributed by atoms with Crippen molar-refractivity contribution in [1.29, 1.82) is 0 Å². The maximum Gasteiger partial charge on any atom is 0.333 e. The average Bonchev–Trinajstić information content (AvgIpc) is 2.90. The Morgan fingerprint density at radius 1 is 1.39 bits per heavy atom. The molecule has 1 fully saturated rings. The van der Waals surface area contributed by atoms with E-state index in [0.717, 1.165) is 25.1 Å². The van der Waals surface area contributed by atoms with Crippen molar-refractivity contribution in [1.82, 2.24) is 10.2 Å². The molecular formula is C14H26N2O2. The van der Waals surface area contributed by atoms with Crippen molar-refractivity contribution in [3.8, 4) is 0 Å². The van der Waals surface area contributed by atoms with Crippen molar-refractivity contribution in [2.45, 2.75) is 32.6 Å². The van der Waals surface area contributed by atoms with Gasteiger partial charge in [-0.25, -0.2) is 4.79 Å². The Kier molecular flexibility index (Phi) is 7.69. The summed E-state index contributed by atoms with van der Waals surface area (Å²) in [6, 6.07) is 0. The number of nitrogens with one attached hydrogen (secondary N) is 1. The van der Waals surface area contributed by atoms with Gasteiger partial charge in [-0.3, -0.25) is 0 Å². The fourth-order valence-corrected chi connectivity index (χ4v) is 2.23. The zero-order valence-corrected chi connectivity index (χ0v) is 11.7. The molecule has 0 radical (unpaired) electrons. The van der Waals surface area contributed by atoms with Crippen molar-refractivity contribution >= 4 is 5.97 Å². The minimum absolute atomic E-state index is 0.212. The van der Waals surface area contributed by atoms with Gasteiger partial charge in [-0.15, -0.1) is 0 Å². The second kappa shape index (κ2) is 9.11. The third-order valence-corrected chi connectivity index (χ3v) is 3.35. The number of ether oxygens (including phenoxy) is 1. The summed E-state index contributed by atoms with van der Waals surface area (Å²) in [5.74, 6) is -0.212. The van der Waals surface area contributed by atoms with Gasteiger partial charge in [0.1, 0.15) is 0 Å². The number of methoxy groups -OCH3 is 1. The van der Waals surface area contributed by atoms with Gasteiger partial charge in [-0.2, -0.15) is 0 Å². The molecule has 1 saturated heterocycles. The molecule has 0 atom stereocenters. The fraction of sp³-hybridized carbons (Fsp3) is 0.786. The summed E-state index contributed by atoms with van der Waals surface area (Å²) >= 11 is 0. The topological polar surface area (TPSA) is 41.6 Å². The van der Waals surface area contributed by atoms with Crippen LogP contribution in [0.5, 0.6) is 0 Å². The summed E-state index contributed by atoms with van der Waals surface area (Å²) in [5, 5.41) is 3.34. The smallest absolute Gasteiger partial charge is 0.333 e. The van der Waals surface area contributed by atoms with Crippen LogP contribution in [0.1, 0.15) is 32.6 Å². The van der Waals surface area contributed by atoms with Crippen LogP contribution < -0.4 is 5.32 Å². The highest BCUT2D eigenvalue weighted by atomic mass is 16.5. The monoisotopic (exact) mass is 254 g/mol. The lowest BCUT2D eigenvalue weighted by Crippen LogP contribution is -2.25. The zero-order valence-electron chi connectivity index (χ0n) is 11.7. The van der Waals surface area contributed by atoms with Crippen molar-refractivity contribution in [3.63, 3.8) is 0 Å². The van der Waals surface area contributed by atoms with Crippen LogP contribution >= 0.6 is 0 Å². The number of rotatable bonds is 8. The van der Waals surface area contributed by atoms with Crippen LogP contribution in [0.15, 0.2) is 11.6 Å². The molecule has 0 aromatic carbocycles. The van der Waals surface area contributed by atoms with Gasteiger partial charge in [0.05, 0.1) is 7.11 Å². The quantitative estimate of drug-likeness (QED) is 0.405. The third kappa shape index (κ3) is 5.65. The lowest BCUT2D eigenvalue weighted by Gasteiger charge is -2.13. The largest absolute Gasteiger partial charge is 0.466 e. The lowest BCUT2D eigenvalue weighted by molar-refractivity contribution is -0.136. The van der Waals surface area contributed by atoms with E-state index in [-0.39, 0.29) is 5.97 Å². The van der Waals surface area contributed by atoms with E-state index in [1.807, 2.05) is 13.0 Å². The fourth-order valence-electron chi connectivity index (χ4n) is 2.23. The Morgan fingerprint density at radius 3 is 2.72 bits per heavy atom. The minimum Gasteiger partial charge on any atom is -0.466 e. The molecule has 1 aliphatic heterocycles. The number of carbonyl (C=O) groups is 1. The summed E-state index contributed by atoms with van der Waals surface area (Å²) in [6.07, 6.45) is 6.54. The molecule has 1 heterocycles. The molecule has 0 aromatic rings. The predicted molar refractivity (Wildman–Crippen MR) is 73.6 cm³/mol. The van der Waals surface area contributed by atoms with Crippen molar-refractivity contribution < 1.29 is 9.53 Å². The van der Waals surface area contributed by atoms with Crippen molar-refractivity contribution in [2.24, 2.45) is 0 Å². The SMILES string of the molecule is CCC(=CCNCCCN1CCCC1)C(=O)OC. The van der Waals surface area contributed by atoms with Crippen molar-refractivity contribution in [2.75, 3.05) is 39.8 Å². The number of carbonyl (C=O) groups excluding carboxylic acids is 1. The molecule has 0 spiro atoms. The number of nitrogens with zero attached hydrogens (tertiary/aromatic N) is 1. The van der Waals surface area contributed by atoms with Gasteiger partial charge in [-0.1, -0.05) is 13.0 Å². The second-order valence-electron chi connectivity index (χ2n) is 4.68. The van der Waals surface area contributed by atoms with E-state index < -0.39 is 0 Å². The van der Waals surface area contributed by atoms with Gasteiger partial charge in [0.2, 0.25) is 0 Å². The van der Waals surface area contributed by atoms with Gasteiger partial charge in [0, 0.05) is 12.1 Å². The summed E-state index contributed by atoms with van der Waals surface area (Å²) < 4.78 is 4.71. The van der Waals surface area contributed by atoms with E-state index in [4.69, 9.17) is 4.74 Å². The van der Waals surface area contributed by atoms with Crippen LogP contribution in [0.3, 0.4) is 0 Å². The Labute approximate surface area is 110 Å². The molecule has 0 aliphatic carbocycles. The van der Waals surface area contributed by atoms with E-state index in [1.54, 1.807) is 0 Å². The molecular weight excluding hydrogens is 228 g/mol. The standard InChI is InChI=1S/C14H26N2O2/c1-3-13(14(17)18-2)7-9-15-8-6-12-16-10-4-5-11-16/h7,15H,3-6,8-12H2,1-2H3. The Bertz CT molecular complexity index is 271. The van der Waals surface area contributed by atoms with Crippen LogP contribution in [0, 0.1) is 0 Å². The molecule has 104 valence electrons. The normalized spacial score (nSPS) is 17.1. The van der Waals surface area contributed by atoms with E-state index in [2.05, 4.69) is 10.2 Å². The summed E-state index contributed by atoms with van der Waals surface area (Å²) in [4.78, 5) is 13.8. The van der Waals surface area contributed by atoms with Gasteiger partial charge in [0.25, 0.3) is 0 Å². The minimum atomic E-state index is -0.212. The lowest BCUT2D eigenvalue weighted by atomic mass is 10.2. The Morgan fingerprint density at radius 2 is 2.11 bits per heavy atom. The highest BCUT2D eigenvalue weighted by Crippen LogP contribution is 2.06. The van der Waals surface area contributed by atoms with Crippen LogP contribution in [0.2, 0.25) is 0 Å². The molecule has 1 rings (SSSR count). The maximum absolute atomic E-state index is 11.3. The van der Waals surface area contributed by atoms with E-state index >= 15 is 0 Å². The van der Waals surface area contributed by atoms with Crippen LogP contribution in [-0.4, -0.2) is 50.7 Å². The van der Waals surface area contributed by atoms with Crippen LogP contribution in [-0.2, 0) is 9.53 Å². The second-order valence-corrected chi connectivity index (χ2v) is 4.68. The zero-order chi connectivity index (χ0) is 13.2. The molecule has 0 aromatic heterocycles. The highest BCUT2D eigenvalue weighted by molar-refractivity contribution is 5.88. The molecule has 0 saturated carbocycles. The summed E-state index contributed by atoms with van der Waals surface area (Å²) in [6.45, 7) is 7.44. The maximum atomic E-state index is 11.3. The number of hydrogen-bond donors (Lipinski definition) is 1. The summed E-state index contributed by atoms with van der Waals surface area (Å²) in [7, 11) is 1.43. The Balaban J connectivity index is 2.05. The van der Waals surface area contributed by atoms with Crippen LogP contribution in [0.25, 0.3) is 0 Å². The predicted octanol–water partition coefficient (Wildman–Crippen LogP) is 1.57. The van der Waals surface area contributed by atoms with Gasteiger partial charge < -0.3 is 15.0 Å². The third-order valence-electron chi connectivity index (χ3n) is 3.35. The average molecular weight is 254 g/mol. The van der Waals surface area contributed by atoms with Gasteiger partial charge in [-0.05, 0) is 51.9 Å². The molecule has 0 unspecified atom stereocenters. The van der Waals surface area contributed by atoms with Crippen molar-refractivity contribution in [3.05, 3.63) is 11.6 Å². The van der Waals surface area contributed by atoms with Crippen LogP contribution in [0.4, 0.5) is 0 Å². The molecule has 1 N–H and O–H groups in total. The molecule has 4 heteroatoms.